The summed E-state index contributed by atoms with van der Waals surface area (Å²) in [5.41, 5.74) is 2.30. The highest BCUT2D eigenvalue weighted by atomic mass is 16.5. The van der Waals surface area contributed by atoms with E-state index < -0.39 is 0 Å². The number of carbonyl (C=O) groups excluding carboxylic acids is 2. The minimum atomic E-state index is -0.160. The molecule has 2 aromatic carbocycles. The van der Waals surface area contributed by atoms with E-state index in [0.29, 0.717) is 18.7 Å². The second-order valence-electron chi connectivity index (χ2n) is 7.93. The molecule has 5 heteroatoms. The molecule has 0 saturated heterocycles. The molecular formula is C25H32N2O3. The molecule has 0 unspecified atom stereocenters. The summed E-state index contributed by atoms with van der Waals surface area (Å²) in [6.45, 7) is 3.33. The molecule has 0 heterocycles. The quantitative estimate of drug-likeness (QED) is 0.552. The van der Waals surface area contributed by atoms with E-state index in [9.17, 15) is 9.59 Å². The summed E-state index contributed by atoms with van der Waals surface area (Å²) in [4.78, 5) is 24.7. The Morgan fingerprint density at radius 3 is 2.33 bits per heavy atom. The molecule has 160 valence electrons. The Morgan fingerprint density at radius 1 is 0.967 bits per heavy atom. The van der Waals surface area contributed by atoms with Crippen molar-refractivity contribution >= 4 is 17.5 Å². The molecular weight excluding hydrogens is 376 g/mol. The maximum absolute atomic E-state index is 12.5. The zero-order chi connectivity index (χ0) is 21.2. The highest BCUT2D eigenvalue weighted by Crippen LogP contribution is 2.23. The van der Waals surface area contributed by atoms with Crippen molar-refractivity contribution in [3.63, 3.8) is 0 Å². The molecule has 30 heavy (non-hydrogen) atoms. The number of rotatable bonds is 9. The minimum Gasteiger partial charge on any atom is -0.494 e. The number of benzene rings is 2. The number of hydrogen-bond donors (Lipinski definition) is 2. The molecule has 0 atom stereocenters. The van der Waals surface area contributed by atoms with Crippen LogP contribution in [0.15, 0.2) is 48.5 Å². The van der Waals surface area contributed by atoms with Gasteiger partial charge in [0.15, 0.2) is 0 Å². The fraction of sp³-hybridized carbons (Fsp3) is 0.440. The van der Waals surface area contributed by atoms with Crippen molar-refractivity contribution in [1.82, 2.24) is 5.32 Å². The van der Waals surface area contributed by atoms with Crippen molar-refractivity contribution in [3.8, 4) is 5.75 Å². The molecule has 1 aliphatic rings. The van der Waals surface area contributed by atoms with Crippen molar-refractivity contribution in [2.24, 2.45) is 5.92 Å². The third-order valence-electron chi connectivity index (χ3n) is 5.54. The lowest BCUT2D eigenvalue weighted by atomic mass is 9.88. The summed E-state index contributed by atoms with van der Waals surface area (Å²) in [5, 5.41) is 5.93. The predicted molar refractivity (Wildman–Crippen MR) is 120 cm³/mol. The molecule has 1 fully saturated rings. The SMILES string of the molecule is CCCCOc1ccc(NC(=O)c2ccc(CNC(=O)C3CCCCC3)cc2)cc1. The number of nitrogens with one attached hydrogen (secondary N) is 2. The molecule has 5 nitrogen and oxygen atoms in total. The molecule has 0 radical (unpaired) electrons. The van der Waals surface area contributed by atoms with Gasteiger partial charge in [-0.1, -0.05) is 44.7 Å². The van der Waals surface area contributed by atoms with Gasteiger partial charge in [0.1, 0.15) is 5.75 Å². The Labute approximate surface area is 179 Å². The Kier molecular flexibility index (Phi) is 8.30. The van der Waals surface area contributed by atoms with Gasteiger partial charge < -0.3 is 15.4 Å². The fourth-order valence-electron chi connectivity index (χ4n) is 3.64. The Balaban J connectivity index is 1.46. The first-order valence-corrected chi connectivity index (χ1v) is 11.1. The molecule has 0 aromatic heterocycles. The van der Waals surface area contributed by atoms with Gasteiger partial charge in [-0.3, -0.25) is 9.59 Å². The average molecular weight is 409 g/mol. The van der Waals surface area contributed by atoms with E-state index in [4.69, 9.17) is 4.74 Å². The lowest BCUT2D eigenvalue weighted by Crippen LogP contribution is -2.31. The van der Waals surface area contributed by atoms with Crippen LogP contribution in [0.4, 0.5) is 5.69 Å². The van der Waals surface area contributed by atoms with E-state index in [1.54, 1.807) is 12.1 Å². The zero-order valence-electron chi connectivity index (χ0n) is 17.8. The standard InChI is InChI=1S/C25H32N2O3/c1-2-3-17-30-23-15-13-22(14-16-23)27-25(29)21-11-9-19(10-12-21)18-26-24(28)20-7-5-4-6-8-20/h9-16,20H,2-8,17-18H2,1H3,(H,26,28)(H,27,29). The van der Waals surface area contributed by atoms with E-state index in [1.165, 1.54) is 6.42 Å². The van der Waals surface area contributed by atoms with Crippen molar-refractivity contribution in [2.75, 3.05) is 11.9 Å². The Morgan fingerprint density at radius 2 is 1.67 bits per heavy atom. The third kappa shape index (κ3) is 6.61. The topological polar surface area (TPSA) is 67.4 Å². The van der Waals surface area contributed by atoms with E-state index in [1.807, 2.05) is 36.4 Å². The first-order valence-electron chi connectivity index (χ1n) is 11.1. The smallest absolute Gasteiger partial charge is 0.255 e. The summed E-state index contributed by atoms with van der Waals surface area (Å²) in [7, 11) is 0. The van der Waals surface area contributed by atoms with Gasteiger partial charge in [0.05, 0.1) is 6.61 Å². The van der Waals surface area contributed by atoms with Crippen LogP contribution in [0.5, 0.6) is 5.75 Å². The van der Waals surface area contributed by atoms with Crippen molar-refractivity contribution in [2.45, 2.75) is 58.4 Å². The number of unbranched alkanes of at least 4 members (excludes halogenated alkanes) is 1. The van der Waals surface area contributed by atoms with Crippen LogP contribution in [0.3, 0.4) is 0 Å². The van der Waals surface area contributed by atoms with Gasteiger partial charge in [-0.25, -0.2) is 0 Å². The van der Waals surface area contributed by atoms with Crippen molar-refractivity contribution in [3.05, 3.63) is 59.7 Å². The first-order chi connectivity index (χ1) is 14.7. The average Bonchev–Trinajstić information content (AvgIpc) is 2.79. The maximum Gasteiger partial charge on any atom is 0.255 e. The first kappa shape index (κ1) is 21.9. The third-order valence-corrected chi connectivity index (χ3v) is 5.54. The van der Waals surface area contributed by atoms with Gasteiger partial charge in [0.25, 0.3) is 5.91 Å². The summed E-state index contributed by atoms with van der Waals surface area (Å²) < 4.78 is 5.64. The molecule has 2 N–H and O–H groups in total. The van der Waals surface area contributed by atoms with Crippen LogP contribution in [0.1, 0.15) is 67.8 Å². The van der Waals surface area contributed by atoms with Gasteiger partial charge in [-0.2, -0.15) is 0 Å². The van der Waals surface area contributed by atoms with E-state index in [2.05, 4.69) is 17.6 Å². The summed E-state index contributed by atoms with van der Waals surface area (Å²) >= 11 is 0. The number of amides is 2. The van der Waals surface area contributed by atoms with Gasteiger partial charge in [-0.05, 0) is 61.2 Å². The van der Waals surface area contributed by atoms with Gasteiger partial charge in [0.2, 0.25) is 5.91 Å². The number of anilines is 1. The monoisotopic (exact) mass is 408 g/mol. The van der Waals surface area contributed by atoms with Crippen LogP contribution >= 0.6 is 0 Å². The fourth-order valence-corrected chi connectivity index (χ4v) is 3.64. The van der Waals surface area contributed by atoms with Crippen molar-refractivity contribution < 1.29 is 14.3 Å². The molecule has 2 aromatic rings. The van der Waals surface area contributed by atoms with Crippen LogP contribution in [0.2, 0.25) is 0 Å². The van der Waals surface area contributed by atoms with Crippen LogP contribution < -0.4 is 15.4 Å². The van der Waals surface area contributed by atoms with E-state index in [-0.39, 0.29) is 17.7 Å². The van der Waals surface area contributed by atoms with Gasteiger partial charge in [-0.15, -0.1) is 0 Å². The summed E-state index contributed by atoms with van der Waals surface area (Å²) in [6.07, 6.45) is 7.66. The normalized spacial score (nSPS) is 14.2. The second kappa shape index (κ2) is 11.4. The molecule has 1 aliphatic carbocycles. The molecule has 0 spiro atoms. The van der Waals surface area contributed by atoms with Crippen LogP contribution in [0, 0.1) is 5.92 Å². The van der Waals surface area contributed by atoms with Crippen molar-refractivity contribution in [1.29, 1.82) is 0 Å². The van der Waals surface area contributed by atoms with E-state index in [0.717, 1.165) is 55.5 Å². The molecule has 0 aliphatic heterocycles. The highest BCUT2D eigenvalue weighted by molar-refractivity contribution is 6.04. The van der Waals surface area contributed by atoms with E-state index >= 15 is 0 Å². The lowest BCUT2D eigenvalue weighted by Gasteiger charge is -2.20. The van der Waals surface area contributed by atoms with Crippen LogP contribution in [0.25, 0.3) is 0 Å². The van der Waals surface area contributed by atoms with Gasteiger partial charge >= 0.3 is 0 Å². The Hall–Kier alpha value is -2.82. The van der Waals surface area contributed by atoms with Crippen LogP contribution in [-0.2, 0) is 11.3 Å². The molecule has 2 amide bonds. The second-order valence-corrected chi connectivity index (χ2v) is 7.93. The molecule has 1 saturated carbocycles. The highest BCUT2D eigenvalue weighted by Gasteiger charge is 2.20. The lowest BCUT2D eigenvalue weighted by molar-refractivity contribution is -0.126. The van der Waals surface area contributed by atoms with Gasteiger partial charge in [0, 0.05) is 23.7 Å². The molecule has 3 rings (SSSR count). The largest absolute Gasteiger partial charge is 0.494 e. The minimum absolute atomic E-state index is 0.152. The number of ether oxygens (including phenoxy) is 1. The summed E-state index contributed by atoms with van der Waals surface area (Å²) in [5.74, 6) is 0.958. The molecule has 0 bridgehead atoms. The Bertz CT molecular complexity index is 809. The maximum atomic E-state index is 12.5. The van der Waals surface area contributed by atoms with Crippen LogP contribution in [-0.4, -0.2) is 18.4 Å². The summed E-state index contributed by atoms with van der Waals surface area (Å²) in [6, 6.07) is 14.8. The number of hydrogen-bond acceptors (Lipinski definition) is 3. The zero-order valence-corrected chi connectivity index (χ0v) is 17.8. The predicted octanol–water partition coefficient (Wildman–Crippen LogP) is 5.31. The number of carbonyl (C=O) groups is 2.